The number of hydrogen-bond acceptors (Lipinski definition) is 4. The van der Waals surface area contributed by atoms with Gasteiger partial charge in [-0.15, -0.1) is 0 Å². The van der Waals surface area contributed by atoms with E-state index < -0.39 is 0 Å². The van der Waals surface area contributed by atoms with E-state index in [4.69, 9.17) is 15.7 Å². The van der Waals surface area contributed by atoms with Crippen LogP contribution in [0.2, 0.25) is 0 Å². The van der Waals surface area contributed by atoms with E-state index in [9.17, 15) is 0 Å². The molecule has 4 heteroatoms. The third-order valence-electron chi connectivity index (χ3n) is 4.79. The van der Waals surface area contributed by atoms with E-state index in [1.807, 2.05) is 0 Å². The molecule has 2 fully saturated rings. The van der Waals surface area contributed by atoms with Crippen molar-refractivity contribution in [3.8, 4) is 0 Å². The summed E-state index contributed by atoms with van der Waals surface area (Å²) in [4.78, 5) is 12.0. The van der Waals surface area contributed by atoms with Crippen LogP contribution in [-0.4, -0.2) is 40.5 Å². The number of nitrogens with zero attached hydrogens (tertiary/aromatic N) is 3. The highest BCUT2D eigenvalue weighted by molar-refractivity contribution is 5.15. The Morgan fingerprint density at radius 3 is 2.58 bits per heavy atom. The summed E-state index contributed by atoms with van der Waals surface area (Å²) in [7, 11) is 2.27. The number of fused-ring (bicyclic) bond motifs is 2. The second kappa shape index (κ2) is 5.17. The molecule has 2 unspecified atom stereocenters. The molecule has 2 aliphatic heterocycles. The van der Waals surface area contributed by atoms with Gasteiger partial charge >= 0.3 is 0 Å². The number of hydrogen-bond donors (Lipinski definition) is 1. The van der Waals surface area contributed by atoms with Gasteiger partial charge in [0.15, 0.2) is 0 Å². The summed E-state index contributed by atoms with van der Waals surface area (Å²) in [5.74, 6) is 1.61. The molecule has 0 amide bonds. The Hall–Kier alpha value is -1.00. The normalized spacial score (nSPS) is 30.8. The molecule has 0 aliphatic carbocycles. The molecular formula is C15H24N4. The van der Waals surface area contributed by atoms with Gasteiger partial charge in [0.2, 0.25) is 0 Å². The summed E-state index contributed by atoms with van der Waals surface area (Å²) in [5, 5.41) is 0. The molecule has 2 N–H and O–H groups in total. The first-order chi connectivity index (χ1) is 9.17. The highest BCUT2D eigenvalue weighted by Gasteiger charge is 2.39. The van der Waals surface area contributed by atoms with Gasteiger partial charge in [0.1, 0.15) is 5.82 Å². The van der Waals surface area contributed by atoms with E-state index in [2.05, 4.69) is 24.9 Å². The average molecular weight is 260 g/mol. The van der Waals surface area contributed by atoms with E-state index in [0.717, 1.165) is 35.7 Å². The molecule has 0 spiro atoms. The molecule has 2 bridgehead atoms. The molecule has 2 atom stereocenters. The third-order valence-corrected chi connectivity index (χ3v) is 4.79. The van der Waals surface area contributed by atoms with Crippen LogP contribution < -0.4 is 5.73 Å². The molecule has 0 aromatic carbocycles. The lowest BCUT2D eigenvalue weighted by molar-refractivity contribution is 0.158. The summed E-state index contributed by atoms with van der Waals surface area (Å²) >= 11 is 0. The van der Waals surface area contributed by atoms with Crippen LogP contribution in [0, 0.1) is 6.92 Å². The van der Waals surface area contributed by atoms with Gasteiger partial charge in [-0.3, -0.25) is 0 Å². The minimum absolute atomic E-state index is 0.546. The topological polar surface area (TPSA) is 55.0 Å². The minimum Gasteiger partial charge on any atom is -0.330 e. The first kappa shape index (κ1) is 13.0. The predicted octanol–water partition coefficient (Wildman–Crippen LogP) is 1.63. The predicted molar refractivity (Wildman–Crippen MR) is 76.1 cm³/mol. The highest BCUT2D eigenvalue weighted by atomic mass is 15.2. The van der Waals surface area contributed by atoms with Gasteiger partial charge in [-0.1, -0.05) is 0 Å². The van der Waals surface area contributed by atoms with Gasteiger partial charge in [0.05, 0.1) is 0 Å². The van der Waals surface area contributed by atoms with Crippen LogP contribution in [-0.2, 0) is 6.42 Å². The first-order valence-electron chi connectivity index (χ1n) is 7.44. The van der Waals surface area contributed by atoms with E-state index in [1.165, 1.54) is 25.7 Å². The Morgan fingerprint density at radius 1 is 1.26 bits per heavy atom. The summed E-state index contributed by atoms with van der Waals surface area (Å²) in [6.45, 7) is 2.73. The second-order valence-electron chi connectivity index (χ2n) is 6.12. The Labute approximate surface area is 115 Å². The van der Waals surface area contributed by atoms with Gasteiger partial charge in [-0.05, 0) is 52.3 Å². The van der Waals surface area contributed by atoms with E-state index in [0.29, 0.717) is 12.5 Å². The van der Waals surface area contributed by atoms with Crippen molar-refractivity contribution in [2.24, 2.45) is 5.73 Å². The molecule has 1 aromatic rings. The molecule has 19 heavy (non-hydrogen) atoms. The largest absolute Gasteiger partial charge is 0.330 e. The lowest BCUT2D eigenvalue weighted by Crippen LogP contribution is -2.39. The number of piperidine rings is 1. The van der Waals surface area contributed by atoms with Gasteiger partial charge in [0, 0.05) is 35.8 Å². The van der Waals surface area contributed by atoms with E-state index in [1.54, 1.807) is 0 Å². The average Bonchev–Trinajstić information content (AvgIpc) is 2.62. The van der Waals surface area contributed by atoms with Crippen molar-refractivity contribution in [3.05, 3.63) is 23.3 Å². The van der Waals surface area contributed by atoms with Crippen molar-refractivity contribution >= 4 is 0 Å². The molecular weight excluding hydrogens is 236 g/mol. The van der Waals surface area contributed by atoms with Crippen molar-refractivity contribution < 1.29 is 0 Å². The van der Waals surface area contributed by atoms with Gasteiger partial charge < -0.3 is 10.6 Å². The summed E-state index contributed by atoms with van der Waals surface area (Å²) < 4.78 is 0. The SMILES string of the molecule is Cc1cc(CCN)nc(C2CC3CCC(C2)N3C)n1. The number of aryl methyl sites for hydroxylation is 1. The number of rotatable bonds is 3. The molecule has 2 saturated heterocycles. The van der Waals surface area contributed by atoms with Gasteiger partial charge in [-0.2, -0.15) is 0 Å². The number of aromatic nitrogens is 2. The smallest absolute Gasteiger partial charge is 0.132 e. The Morgan fingerprint density at radius 2 is 1.95 bits per heavy atom. The number of nitrogens with two attached hydrogens (primary N) is 1. The molecule has 1 aromatic heterocycles. The van der Waals surface area contributed by atoms with Crippen molar-refractivity contribution in [2.75, 3.05) is 13.6 Å². The molecule has 4 nitrogen and oxygen atoms in total. The summed E-state index contributed by atoms with van der Waals surface area (Å²) in [6.07, 6.45) is 5.99. The Kier molecular flexibility index (Phi) is 3.54. The zero-order chi connectivity index (χ0) is 13.4. The zero-order valence-electron chi connectivity index (χ0n) is 12.0. The maximum Gasteiger partial charge on any atom is 0.132 e. The fraction of sp³-hybridized carbons (Fsp3) is 0.733. The van der Waals surface area contributed by atoms with Gasteiger partial charge in [0.25, 0.3) is 0 Å². The van der Waals surface area contributed by atoms with E-state index in [-0.39, 0.29) is 0 Å². The second-order valence-corrected chi connectivity index (χ2v) is 6.12. The lowest BCUT2D eigenvalue weighted by Gasteiger charge is -2.35. The lowest BCUT2D eigenvalue weighted by atomic mass is 9.90. The van der Waals surface area contributed by atoms with Crippen LogP contribution >= 0.6 is 0 Å². The van der Waals surface area contributed by atoms with Crippen molar-refractivity contribution in [3.63, 3.8) is 0 Å². The quantitative estimate of drug-likeness (QED) is 0.897. The first-order valence-corrected chi connectivity index (χ1v) is 7.44. The monoisotopic (exact) mass is 260 g/mol. The molecule has 2 aliphatic rings. The van der Waals surface area contributed by atoms with Crippen molar-refractivity contribution in [1.29, 1.82) is 0 Å². The fourth-order valence-corrected chi connectivity index (χ4v) is 3.74. The fourth-order valence-electron chi connectivity index (χ4n) is 3.74. The Balaban J connectivity index is 1.82. The summed E-state index contributed by atoms with van der Waals surface area (Å²) in [5.41, 5.74) is 7.84. The zero-order valence-corrected chi connectivity index (χ0v) is 12.0. The van der Waals surface area contributed by atoms with Crippen LogP contribution in [0.25, 0.3) is 0 Å². The van der Waals surface area contributed by atoms with Crippen LogP contribution in [0.4, 0.5) is 0 Å². The van der Waals surface area contributed by atoms with Crippen LogP contribution in [0.1, 0.15) is 48.8 Å². The van der Waals surface area contributed by atoms with Crippen LogP contribution in [0.5, 0.6) is 0 Å². The third kappa shape index (κ3) is 2.51. The maximum absolute atomic E-state index is 5.64. The van der Waals surface area contributed by atoms with E-state index >= 15 is 0 Å². The molecule has 104 valence electrons. The van der Waals surface area contributed by atoms with Crippen LogP contribution in [0.3, 0.4) is 0 Å². The Bertz CT molecular complexity index is 445. The van der Waals surface area contributed by atoms with Crippen molar-refractivity contribution in [1.82, 2.24) is 14.9 Å². The minimum atomic E-state index is 0.546. The van der Waals surface area contributed by atoms with Gasteiger partial charge in [-0.25, -0.2) is 9.97 Å². The van der Waals surface area contributed by atoms with Crippen LogP contribution in [0.15, 0.2) is 6.07 Å². The standard InChI is InChI=1S/C15H24N4/c1-10-7-12(5-6-16)18-15(17-10)11-8-13-3-4-14(9-11)19(13)2/h7,11,13-14H,3-6,8-9,16H2,1-2H3. The highest BCUT2D eigenvalue weighted by Crippen LogP contribution is 2.41. The summed E-state index contributed by atoms with van der Waals surface area (Å²) in [6, 6.07) is 3.55. The maximum atomic E-state index is 5.64. The molecule has 3 heterocycles. The van der Waals surface area contributed by atoms with Crippen molar-refractivity contribution in [2.45, 2.75) is 57.0 Å². The molecule has 0 radical (unpaired) electrons. The molecule has 3 rings (SSSR count). The molecule has 0 saturated carbocycles.